The summed E-state index contributed by atoms with van der Waals surface area (Å²) in [6.45, 7) is 2.37. The van der Waals surface area contributed by atoms with E-state index < -0.39 is 24.9 Å². The Balaban J connectivity index is 3.91. The molecule has 0 aliphatic heterocycles. The maximum atomic E-state index is 12.1. The maximum Gasteiger partial charge on any atom is 0.414 e. The fourth-order valence-electron chi connectivity index (χ4n) is 0.815. The lowest BCUT2D eigenvalue weighted by Crippen LogP contribution is -2.33. The molecule has 3 nitrogen and oxygen atoms in total. The molecule has 6 heteroatoms. The van der Waals surface area contributed by atoms with Crippen molar-refractivity contribution < 1.29 is 27.4 Å². The Morgan fingerprint density at radius 1 is 1.36 bits per heavy atom. The second-order valence-corrected chi connectivity index (χ2v) is 2.55. The topological polar surface area (TPSA) is 35.5 Å². The molecule has 1 atom stereocenters. The zero-order chi connectivity index (χ0) is 11.2. The molecule has 14 heavy (non-hydrogen) atoms. The van der Waals surface area contributed by atoms with Gasteiger partial charge in [-0.15, -0.1) is 0 Å². The largest absolute Gasteiger partial charge is 0.464 e. The van der Waals surface area contributed by atoms with Gasteiger partial charge >= 0.3 is 12.1 Å². The van der Waals surface area contributed by atoms with E-state index >= 15 is 0 Å². The van der Waals surface area contributed by atoms with Crippen molar-refractivity contribution in [2.24, 2.45) is 0 Å². The van der Waals surface area contributed by atoms with Gasteiger partial charge in [-0.25, -0.2) is 4.79 Å². The highest BCUT2D eigenvalue weighted by Crippen LogP contribution is 2.24. The molecule has 0 heterocycles. The highest BCUT2D eigenvalue weighted by atomic mass is 19.4. The van der Waals surface area contributed by atoms with Crippen LogP contribution in [0.5, 0.6) is 0 Å². The molecule has 0 saturated heterocycles. The van der Waals surface area contributed by atoms with Crippen molar-refractivity contribution in [2.75, 3.05) is 13.2 Å². The minimum Gasteiger partial charge on any atom is -0.464 e. The Morgan fingerprint density at radius 3 is 2.29 bits per heavy atom. The van der Waals surface area contributed by atoms with Gasteiger partial charge in [0.1, 0.15) is 6.61 Å². The first-order valence-corrected chi connectivity index (χ1v) is 4.25. The number of hydrogen-bond acceptors (Lipinski definition) is 3. The van der Waals surface area contributed by atoms with Crippen molar-refractivity contribution in [3.05, 3.63) is 0 Å². The van der Waals surface area contributed by atoms with Crippen LogP contribution < -0.4 is 0 Å². The third-order valence-corrected chi connectivity index (χ3v) is 1.44. The van der Waals surface area contributed by atoms with Gasteiger partial charge < -0.3 is 9.47 Å². The van der Waals surface area contributed by atoms with E-state index in [1.165, 1.54) is 6.92 Å². The average Bonchev–Trinajstić information content (AvgIpc) is 2.03. The molecule has 0 fully saturated rings. The van der Waals surface area contributed by atoms with E-state index in [4.69, 9.17) is 0 Å². The molecular formula is C8H13F3O3. The highest BCUT2D eigenvalue weighted by molar-refractivity contribution is 5.70. The average molecular weight is 214 g/mol. The van der Waals surface area contributed by atoms with E-state index in [1.807, 2.05) is 0 Å². The summed E-state index contributed by atoms with van der Waals surface area (Å²) in [6.07, 6.45) is -6.55. The SMILES string of the molecule is CCOC(=O)COC(CC)C(F)(F)F. The zero-order valence-electron chi connectivity index (χ0n) is 8.06. The fraction of sp³-hybridized carbons (Fsp3) is 0.875. The quantitative estimate of drug-likeness (QED) is 0.656. The van der Waals surface area contributed by atoms with Crippen molar-refractivity contribution in [1.29, 1.82) is 0 Å². The summed E-state index contributed by atoms with van der Waals surface area (Å²) in [5.41, 5.74) is 0. The standard InChI is InChI=1S/C8H13F3O3/c1-3-6(8(9,10)11)14-5-7(12)13-4-2/h6H,3-5H2,1-2H3. The summed E-state index contributed by atoms with van der Waals surface area (Å²) in [5, 5.41) is 0. The molecule has 0 bridgehead atoms. The molecule has 0 aliphatic rings. The second kappa shape index (κ2) is 5.85. The molecule has 0 aliphatic carbocycles. The van der Waals surface area contributed by atoms with Gasteiger partial charge in [0.2, 0.25) is 0 Å². The van der Waals surface area contributed by atoms with E-state index in [9.17, 15) is 18.0 Å². The first kappa shape index (κ1) is 13.2. The van der Waals surface area contributed by atoms with Crippen molar-refractivity contribution in [2.45, 2.75) is 32.5 Å². The first-order valence-electron chi connectivity index (χ1n) is 4.25. The van der Waals surface area contributed by atoms with Crippen LogP contribution in [-0.2, 0) is 14.3 Å². The van der Waals surface area contributed by atoms with Gasteiger partial charge in [-0.05, 0) is 13.3 Å². The number of halogens is 3. The van der Waals surface area contributed by atoms with Gasteiger partial charge in [-0.2, -0.15) is 13.2 Å². The zero-order valence-corrected chi connectivity index (χ0v) is 8.06. The number of esters is 1. The Bertz CT molecular complexity index is 179. The van der Waals surface area contributed by atoms with Crippen molar-refractivity contribution in [3.8, 4) is 0 Å². The van der Waals surface area contributed by atoms with Gasteiger partial charge in [0, 0.05) is 0 Å². The molecule has 84 valence electrons. The molecule has 0 aromatic carbocycles. The normalized spacial score (nSPS) is 13.8. The Kier molecular flexibility index (Phi) is 5.52. The van der Waals surface area contributed by atoms with Gasteiger partial charge in [0.25, 0.3) is 0 Å². The van der Waals surface area contributed by atoms with E-state index in [1.54, 1.807) is 6.92 Å². The molecule has 0 spiro atoms. The van der Waals surface area contributed by atoms with Crippen LogP contribution in [0.3, 0.4) is 0 Å². The van der Waals surface area contributed by atoms with Gasteiger partial charge in [-0.1, -0.05) is 6.92 Å². The van der Waals surface area contributed by atoms with Gasteiger partial charge in [0.05, 0.1) is 6.61 Å². The number of hydrogen-bond donors (Lipinski definition) is 0. The number of carbonyl (C=O) groups is 1. The lowest BCUT2D eigenvalue weighted by Gasteiger charge is -2.18. The minimum absolute atomic E-state index is 0.130. The predicted molar refractivity (Wildman–Crippen MR) is 42.7 cm³/mol. The Hall–Kier alpha value is -0.780. The second-order valence-electron chi connectivity index (χ2n) is 2.55. The van der Waals surface area contributed by atoms with E-state index in [-0.39, 0.29) is 13.0 Å². The van der Waals surface area contributed by atoms with Gasteiger partial charge in [-0.3, -0.25) is 0 Å². The number of alkyl halides is 3. The minimum atomic E-state index is -4.43. The van der Waals surface area contributed by atoms with Crippen LogP contribution in [0.4, 0.5) is 13.2 Å². The molecule has 0 radical (unpaired) electrons. The summed E-state index contributed by atoms with van der Waals surface area (Å²) < 4.78 is 45.0. The molecule has 0 saturated carbocycles. The van der Waals surface area contributed by atoms with Crippen molar-refractivity contribution in [1.82, 2.24) is 0 Å². The van der Waals surface area contributed by atoms with Crippen LogP contribution >= 0.6 is 0 Å². The Labute approximate surface area is 80.2 Å². The molecule has 1 unspecified atom stereocenters. The summed E-state index contributed by atoms with van der Waals surface area (Å²) in [4.78, 5) is 10.7. The molecule has 0 N–H and O–H groups in total. The van der Waals surface area contributed by atoms with E-state index in [2.05, 4.69) is 9.47 Å². The number of carbonyl (C=O) groups excluding carboxylic acids is 1. The van der Waals surface area contributed by atoms with E-state index in [0.717, 1.165) is 0 Å². The van der Waals surface area contributed by atoms with Crippen molar-refractivity contribution >= 4 is 5.97 Å². The number of ether oxygens (including phenoxy) is 2. The van der Waals surface area contributed by atoms with Crippen LogP contribution in [0.2, 0.25) is 0 Å². The third-order valence-electron chi connectivity index (χ3n) is 1.44. The lowest BCUT2D eigenvalue weighted by molar-refractivity contribution is -0.222. The highest BCUT2D eigenvalue weighted by Gasteiger charge is 2.39. The van der Waals surface area contributed by atoms with Gasteiger partial charge in [0.15, 0.2) is 6.10 Å². The number of rotatable bonds is 5. The van der Waals surface area contributed by atoms with Crippen LogP contribution in [0.25, 0.3) is 0 Å². The summed E-state index contributed by atoms with van der Waals surface area (Å²) >= 11 is 0. The summed E-state index contributed by atoms with van der Waals surface area (Å²) in [6, 6.07) is 0. The summed E-state index contributed by atoms with van der Waals surface area (Å²) in [7, 11) is 0. The Morgan fingerprint density at radius 2 is 1.93 bits per heavy atom. The molecule has 0 aromatic rings. The molecule has 0 amide bonds. The summed E-state index contributed by atoms with van der Waals surface area (Å²) in [5.74, 6) is -0.782. The third kappa shape index (κ3) is 5.06. The fourth-order valence-corrected chi connectivity index (χ4v) is 0.815. The van der Waals surface area contributed by atoms with Crippen LogP contribution in [-0.4, -0.2) is 31.5 Å². The molecule has 0 aromatic heterocycles. The lowest BCUT2D eigenvalue weighted by atomic mass is 10.3. The molecule has 0 rings (SSSR count). The van der Waals surface area contributed by atoms with E-state index in [0.29, 0.717) is 0 Å². The van der Waals surface area contributed by atoms with Crippen LogP contribution in [0, 0.1) is 0 Å². The predicted octanol–water partition coefficient (Wildman–Crippen LogP) is 1.91. The van der Waals surface area contributed by atoms with Crippen molar-refractivity contribution in [3.63, 3.8) is 0 Å². The first-order chi connectivity index (χ1) is 6.41. The molecular weight excluding hydrogens is 201 g/mol. The monoisotopic (exact) mass is 214 g/mol. The van der Waals surface area contributed by atoms with Crippen LogP contribution in [0.15, 0.2) is 0 Å². The smallest absolute Gasteiger partial charge is 0.414 e. The maximum absolute atomic E-state index is 12.1. The van der Waals surface area contributed by atoms with Crippen LogP contribution in [0.1, 0.15) is 20.3 Å².